The summed E-state index contributed by atoms with van der Waals surface area (Å²) in [5.41, 5.74) is 3.52. The van der Waals surface area contributed by atoms with E-state index in [1.807, 2.05) is 0 Å². The first-order valence-corrected chi connectivity index (χ1v) is 4.16. The standard InChI is InChI=1S/C9H7F2N3O2/c10-8(11)7-5(9(15)16)1-4(2-12)6(3-13)14-7/h1,8H,3,13H2,(H,15,16). The zero-order chi connectivity index (χ0) is 12.3. The molecule has 7 heteroatoms. The van der Waals surface area contributed by atoms with E-state index in [1.54, 1.807) is 6.07 Å². The zero-order valence-electron chi connectivity index (χ0n) is 7.94. The monoisotopic (exact) mass is 227 g/mol. The predicted octanol–water partition coefficient (Wildman–Crippen LogP) is 1.05. The molecule has 0 fully saturated rings. The molecular formula is C9H7F2N3O2. The van der Waals surface area contributed by atoms with Gasteiger partial charge in [0.15, 0.2) is 0 Å². The minimum absolute atomic E-state index is 0.0391. The van der Waals surface area contributed by atoms with E-state index in [9.17, 15) is 13.6 Å². The van der Waals surface area contributed by atoms with Crippen molar-refractivity contribution in [2.24, 2.45) is 5.73 Å². The maximum atomic E-state index is 12.5. The number of carboxylic acid groups (broad SMARTS) is 1. The zero-order valence-corrected chi connectivity index (χ0v) is 7.94. The molecule has 1 heterocycles. The molecule has 0 bridgehead atoms. The van der Waals surface area contributed by atoms with Crippen molar-refractivity contribution in [1.29, 1.82) is 5.26 Å². The maximum absolute atomic E-state index is 12.5. The van der Waals surface area contributed by atoms with Crippen LogP contribution in [0.15, 0.2) is 6.07 Å². The summed E-state index contributed by atoms with van der Waals surface area (Å²) in [6, 6.07) is 2.52. The van der Waals surface area contributed by atoms with Gasteiger partial charge in [-0.3, -0.25) is 0 Å². The molecule has 0 amide bonds. The summed E-state index contributed by atoms with van der Waals surface area (Å²) in [6.45, 7) is -0.206. The Morgan fingerprint density at radius 3 is 2.69 bits per heavy atom. The number of carbonyl (C=O) groups is 1. The van der Waals surface area contributed by atoms with Gasteiger partial charge in [0, 0.05) is 6.54 Å². The van der Waals surface area contributed by atoms with Crippen LogP contribution in [0, 0.1) is 11.3 Å². The Morgan fingerprint density at radius 2 is 2.31 bits per heavy atom. The van der Waals surface area contributed by atoms with E-state index in [0.29, 0.717) is 0 Å². The number of nitrogens with zero attached hydrogens (tertiary/aromatic N) is 2. The number of aromatic nitrogens is 1. The van der Waals surface area contributed by atoms with Crippen LogP contribution in [-0.4, -0.2) is 16.1 Å². The average molecular weight is 227 g/mol. The van der Waals surface area contributed by atoms with Crippen molar-refractivity contribution in [2.45, 2.75) is 13.0 Å². The summed E-state index contributed by atoms with van der Waals surface area (Å²) in [5.74, 6) is -1.55. The highest BCUT2D eigenvalue weighted by atomic mass is 19.3. The Bertz CT molecular complexity index is 469. The fourth-order valence-electron chi connectivity index (χ4n) is 1.16. The molecule has 0 radical (unpaired) electrons. The van der Waals surface area contributed by atoms with Crippen LogP contribution < -0.4 is 5.73 Å². The predicted molar refractivity (Wildman–Crippen MR) is 48.8 cm³/mol. The minimum Gasteiger partial charge on any atom is -0.478 e. The number of hydrogen-bond acceptors (Lipinski definition) is 4. The van der Waals surface area contributed by atoms with Gasteiger partial charge < -0.3 is 10.8 Å². The largest absolute Gasteiger partial charge is 0.478 e. The molecule has 0 aliphatic rings. The molecular weight excluding hydrogens is 220 g/mol. The number of carboxylic acids is 1. The van der Waals surface area contributed by atoms with Gasteiger partial charge in [0.05, 0.1) is 16.8 Å². The van der Waals surface area contributed by atoms with Crippen LogP contribution in [0.5, 0.6) is 0 Å². The molecule has 0 aliphatic carbocycles. The van der Waals surface area contributed by atoms with Crippen molar-refractivity contribution in [3.8, 4) is 6.07 Å². The van der Waals surface area contributed by atoms with Crippen molar-refractivity contribution in [1.82, 2.24) is 4.98 Å². The molecule has 1 aromatic heterocycles. The van der Waals surface area contributed by atoms with E-state index >= 15 is 0 Å². The van der Waals surface area contributed by atoms with Gasteiger partial charge in [0.2, 0.25) is 0 Å². The first-order chi connectivity index (χ1) is 7.51. The molecule has 0 aliphatic heterocycles. The lowest BCUT2D eigenvalue weighted by Gasteiger charge is -2.07. The molecule has 16 heavy (non-hydrogen) atoms. The number of nitriles is 1. The summed E-state index contributed by atoms with van der Waals surface area (Å²) >= 11 is 0. The molecule has 1 rings (SSSR count). The normalized spacial score (nSPS) is 10.2. The highest BCUT2D eigenvalue weighted by Gasteiger charge is 2.22. The van der Waals surface area contributed by atoms with E-state index < -0.39 is 23.7 Å². The second-order valence-corrected chi connectivity index (χ2v) is 2.84. The van der Waals surface area contributed by atoms with E-state index in [1.165, 1.54) is 0 Å². The van der Waals surface area contributed by atoms with E-state index in [2.05, 4.69) is 4.98 Å². The fourth-order valence-corrected chi connectivity index (χ4v) is 1.16. The number of rotatable bonds is 3. The summed E-state index contributed by atoms with van der Waals surface area (Å²) in [7, 11) is 0. The van der Waals surface area contributed by atoms with Crippen molar-refractivity contribution in [2.75, 3.05) is 0 Å². The third-order valence-corrected chi connectivity index (χ3v) is 1.88. The first-order valence-electron chi connectivity index (χ1n) is 4.16. The third-order valence-electron chi connectivity index (χ3n) is 1.88. The number of alkyl halides is 2. The van der Waals surface area contributed by atoms with Gasteiger partial charge in [-0.2, -0.15) is 5.26 Å². The van der Waals surface area contributed by atoms with Crippen molar-refractivity contribution in [3.63, 3.8) is 0 Å². The van der Waals surface area contributed by atoms with Gasteiger partial charge in [-0.05, 0) is 6.07 Å². The Morgan fingerprint density at radius 1 is 1.69 bits per heavy atom. The van der Waals surface area contributed by atoms with Crippen molar-refractivity contribution >= 4 is 5.97 Å². The van der Waals surface area contributed by atoms with Crippen LogP contribution in [0.1, 0.15) is 33.7 Å². The first kappa shape index (κ1) is 12.0. The Hall–Kier alpha value is -2.07. The van der Waals surface area contributed by atoms with Crippen LogP contribution in [0.2, 0.25) is 0 Å². The lowest BCUT2D eigenvalue weighted by molar-refractivity contribution is 0.0682. The van der Waals surface area contributed by atoms with Crippen molar-refractivity contribution in [3.05, 3.63) is 28.6 Å². The van der Waals surface area contributed by atoms with Crippen LogP contribution in [0.25, 0.3) is 0 Å². The van der Waals surface area contributed by atoms with Gasteiger partial charge in [-0.25, -0.2) is 18.6 Å². The summed E-state index contributed by atoms with van der Waals surface area (Å²) in [4.78, 5) is 14.1. The van der Waals surface area contributed by atoms with Gasteiger partial charge in [-0.15, -0.1) is 0 Å². The van der Waals surface area contributed by atoms with Crippen molar-refractivity contribution < 1.29 is 18.7 Å². The second-order valence-electron chi connectivity index (χ2n) is 2.84. The minimum atomic E-state index is -3.02. The maximum Gasteiger partial charge on any atom is 0.337 e. The fraction of sp³-hybridized carbons (Fsp3) is 0.222. The van der Waals surface area contributed by atoms with Gasteiger partial charge in [0.1, 0.15) is 11.8 Å². The summed E-state index contributed by atoms with van der Waals surface area (Å²) in [6.07, 6.45) is -3.02. The number of halogens is 2. The van der Waals surface area contributed by atoms with E-state index in [4.69, 9.17) is 16.1 Å². The highest BCUT2D eigenvalue weighted by Crippen LogP contribution is 2.23. The average Bonchev–Trinajstić information content (AvgIpc) is 2.26. The molecule has 0 atom stereocenters. The van der Waals surface area contributed by atoms with E-state index in [-0.39, 0.29) is 17.8 Å². The van der Waals surface area contributed by atoms with Crippen LogP contribution >= 0.6 is 0 Å². The molecule has 84 valence electrons. The third kappa shape index (κ3) is 2.12. The number of aromatic carboxylic acids is 1. The molecule has 0 spiro atoms. The molecule has 1 aromatic rings. The number of pyridine rings is 1. The molecule has 3 N–H and O–H groups in total. The smallest absolute Gasteiger partial charge is 0.337 e. The summed E-state index contributed by atoms with van der Waals surface area (Å²) in [5, 5.41) is 17.3. The SMILES string of the molecule is N#Cc1cc(C(=O)O)c(C(F)F)nc1CN. The van der Waals surface area contributed by atoms with Gasteiger partial charge >= 0.3 is 5.97 Å². The van der Waals surface area contributed by atoms with Crippen LogP contribution in [-0.2, 0) is 6.54 Å². The van der Waals surface area contributed by atoms with Gasteiger partial charge in [-0.1, -0.05) is 0 Å². The lowest BCUT2D eigenvalue weighted by atomic mass is 10.1. The molecule has 0 aromatic carbocycles. The summed E-state index contributed by atoms with van der Waals surface area (Å²) < 4.78 is 25.0. The quantitative estimate of drug-likeness (QED) is 0.803. The Labute approximate surface area is 89.1 Å². The highest BCUT2D eigenvalue weighted by molar-refractivity contribution is 5.89. The molecule has 5 nitrogen and oxygen atoms in total. The Balaban J connectivity index is 3.49. The van der Waals surface area contributed by atoms with E-state index in [0.717, 1.165) is 6.07 Å². The van der Waals surface area contributed by atoms with Crippen LogP contribution in [0.4, 0.5) is 8.78 Å². The second kappa shape index (κ2) is 4.63. The topological polar surface area (TPSA) is 100 Å². The number of nitrogens with two attached hydrogens (primary N) is 1. The van der Waals surface area contributed by atoms with Gasteiger partial charge in [0.25, 0.3) is 6.43 Å². The molecule has 0 saturated heterocycles. The lowest BCUT2D eigenvalue weighted by Crippen LogP contribution is -2.12. The Kier molecular flexibility index (Phi) is 3.48. The van der Waals surface area contributed by atoms with Crippen LogP contribution in [0.3, 0.4) is 0 Å². The molecule has 0 saturated carbocycles. The molecule has 0 unspecified atom stereocenters. The number of hydrogen-bond donors (Lipinski definition) is 2.